The van der Waals surface area contributed by atoms with Crippen LogP contribution >= 0.6 is 0 Å². The first-order valence-corrected chi connectivity index (χ1v) is 6.17. The number of carboxylic acids is 1. The summed E-state index contributed by atoms with van der Waals surface area (Å²) in [4.78, 5) is 16.4. The van der Waals surface area contributed by atoms with E-state index in [0.717, 1.165) is 5.56 Å². The summed E-state index contributed by atoms with van der Waals surface area (Å²) in [6.45, 7) is 0.446. The topological polar surface area (TPSA) is 65.0 Å². The van der Waals surface area contributed by atoms with Crippen LogP contribution in [0.1, 0.15) is 5.56 Å². The first-order valence-electron chi connectivity index (χ1n) is 6.17. The van der Waals surface area contributed by atoms with Crippen LogP contribution in [0.5, 0.6) is 0 Å². The average Bonchev–Trinajstić information content (AvgIpc) is 2.89. The van der Waals surface area contributed by atoms with Gasteiger partial charge in [0.05, 0.1) is 12.1 Å². The highest BCUT2D eigenvalue weighted by atomic mass is 16.8. The van der Waals surface area contributed by atoms with E-state index in [1.54, 1.807) is 6.20 Å². The average molecular weight is 261 g/mol. The standard InChI is InChI=1S/C13H15N3O3/c17-13(18)11-9-15(16-14-6-7-19-16)12(11)8-10-4-2-1-3-5-10/h1-7,11-12,14H,8-9H2,(H,17,18). The van der Waals surface area contributed by atoms with Crippen molar-refractivity contribution in [3.8, 4) is 0 Å². The van der Waals surface area contributed by atoms with Gasteiger partial charge in [0.2, 0.25) is 0 Å². The normalized spacial score (nSPS) is 26.5. The lowest BCUT2D eigenvalue weighted by Gasteiger charge is -2.47. The number of hydrogen-bond acceptors (Lipinski definition) is 5. The zero-order valence-corrected chi connectivity index (χ0v) is 10.3. The zero-order chi connectivity index (χ0) is 13.2. The van der Waals surface area contributed by atoms with Crippen LogP contribution in [-0.2, 0) is 16.1 Å². The van der Waals surface area contributed by atoms with Crippen molar-refractivity contribution in [3.63, 3.8) is 0 Å². The van der Waals surface area contributed by atoms with Gasteiger partial charge in [0, 0.05) is 17.9 Å². The fourth-order valence-electron chi connectivity index (χ4n) is 2.43. The smallest absolute Gasteiger partial charge is 0.309 e. The van der Waals surface area contributed by atoms with Gasteiger partial charge in [-0.25, -0.2) is 0 Å². The number of aliphatic carboxylic acids is 1. The van der Waals surface area contributed by atoms with Gasteiger partial charge in [0.25, 0.3) is 0 Å². The second kappa shape index (κ2) is 4.91. The molecule has 1 saturated heterocycles. The maximum absolute atomic E-state index is 11.2. The molecular weight excluding hydrogens is 246 g/mol. The molecule has 6 nitrogen and oxygen atoms in total. The third-order valence-corrected chi connectivity index (χ3v) is 3.48. The highest BCUT2D eigenvalue weighted by Crippen LogP contribution is 2.30. The maximum Gasteiger partial charge on any atom is 0.309 e. The van der Waals surface area contributed by atoms with Gasteiger partial charge < -0.3 is 9.94 Å². The summed E-state index contributed by atoms with van der Waals surface area (Å²) in [5.41, 5.74) is 4.02. The van der Waals surface area contributed by atoms with Crippen LogP contribution < -0.4 is 5.43 Å². The Bertz CT molecular complexity index is 483. The fourth-order valence-corrected chi connectivity index (χ4v) is 2.43. The third kappa shape index (κ3) is 2.27. The lowest BCUT2D eigenvalue weighted by atomic mass is 9.86. The van der Waals surface area contributed by atoms with E-state index in [0.29, 0.717) is 13.0 Å². The van der Waals surface area contributed by atoms with E-state index < -0.39 is 5.97 Å². The van der Waals surface area contributed by atoms with Crippen LogP contribution in [-0.4, -0.2) is 34.0 Å². The molecule has 0 amide bonds. The summed E-state index contributed by atoms with van der Waals surface area (Å²) in [5.74, 6) is -1.13. The molecule has 2 atom stereocenters. The Hall–Kier alpha value is -2.05. The highest BCUT2D eigenvalue weighted by molar-refractivity contribution is 5.72. The SMILES string of the molecule is O=C(O)C1CN(N2NC=CO2)C1Cc1ccccc1. The molecule has 0 radical (unpaired) electrons. The summed E-state index contributed by atoms with van der Waals surface area (Å²) >= 11 is 0. The largest absolute Gasteiger partial charge is 0.481 e. The van der Waals surface area contributed by atoms with E-state index >= 15 is 0 Å². The first-order chi connectivity index (χ1) is 9.25. The lowest BCUT2D eigenvalue weighted by molar-refractivity contribution is -0.316. The number of hydrogen-bond donors (Lipinski definition) is 2. The van der Waals surface area contributed by atoms with Crippen molar-refractivity contribution < 1.29 is 14.7 Å². The van der Waals surface area contributed by atoms with E-state index in [2.05, 4.69) is 5.43 Å². The van der Waals surface area contributed by atoms with Gasteiger partial charge in [-0.2, -0.15) is 5.01 Å². The van der Waals surface area contributed by atoms with Crippen molar-refractivity contribution in [1.82, 2.24) is 15.7 Å². The number of benzene rings is 1. The molecule has 1 aromatic carbocycles. The summed E-state index contributed by atoms with van der Waals surface area (Å²) in [6.07, 6.45) is 3.86. The first kappa shape index (κ1) is 12.0. The molecule has 3 rings (SSSR count). The van der Waals surface area contributed by atoms with Crippen molar-refractivity contribution in [2.75, 3.05) is 6.54 Å². The molecule has 2 heterocycles. The molecule has 0 aromatic heterocycles. The Kier molecular flexibility index (Phi) is 3.10. The number of carbonyl (C=O) groups is 1. The molecule has 2 aliphatic rings. The summed E-state index contributed by atoms with van der Waals surface area (Å²) in [6, 6.07) is 9.77. The van der Waals surface area contributed by atoms with Gasteiger partial charge in [-0.15, -0.1) is 0 Å². The van der Waals surface area contributed by atoms with Crippen LogP contribution in [0.2, 0.25) is 0 Å². The third-order valence-electron chi connectivity index (χ3n) is 3.48. The molecule has 2 N–H and O–H groups in total. The van der Waals surface area contributed by atoms with E-state index in [1.807, 2.05) is 35.3 Å². The predicted molar refractivity (Wildman–Crippen MR) is 67.0 cm³/mol. The maximum atomic E-state index is 11.2. The number of rotatable bonds is 4. The number of carboxylic acid groups (broad SMARTS) is 1. The van der Waals surface area contributed by atoms with Crippen molar-refractivity contribution in [2.45, 2.75) is 12.5 Å². The Balaban J connectivity index is 1.71. The fraction of sp³-hybridized carbons (Fsp3) is 0.308. The van der Waals surface area contributed by atoms with E-state index in [1.165, 1.54) is 11.5 Å². The van der Waals surface area contributed by atoms with Crippen LogP contribution in [0.4, 0.5) is 0 Å². The number of nitrogens with one attached hydrogen (secondary N) is 1. The number of hydrazine groups is 2. The van der Waals surface area contributed by atoms with Crippen molar-refractivity contribution in [1.29, 1.82) is 0 Å². The van der Waals surface area contributed by atoms with E-state index in [-0.39, 0.29) is 12.0 Å². The Morgan fingerprint density at radius 2 is 2.21 bits per heavy atom. The minimum atomic E-state index is -0.760. The Morgan fingerprint density at radius 3 is 2.84 bits per heavy atom. The molecule has 1 fully saturated rings. The molecular formula is C13H15N3O3. The zero-order valence-electron chi connectivity index (χ0n) is 10.3. The van der Waals surface area contributed by atoms with Gasteiger partial charge in [-0.1, -0.05) is 30.3 Å². The molecule has 100 valence electrons. The minimum Gasteiger partial charge on any atom is -0.481 e. The van der Waals surface area contributed by atoms with Crippen molar-refractivity contribution in [2.24, 2.45) is 5.92 Å². The molecule has 2 aliphatic heterocycles. The lowest BCUT2D eigenvalue weighted by Crippen LogP contribution is -2.67. The summed E-state index contributed by atoms with van der Waals surface area (Å²) < 4.78 is 0. The van der Waals surface area contributed by atoms with Crippen LogP contribution in [0.15, 0.2) is 42.8 Å². The Labute approximate surface area is 110 Å². The molecule has 1 aromatic rings. The van der Waals surface area contributed by atoms with Gasteiger partial charge in [-0.05, 0) is 12.0 Å². The Morgan fingerprint density at radius 1 is 1.42 bits per heavy atom. The number of nitrogens with zero attached hydrogens (tertiary/aromatic N) is 2. The van der Waals surface area contributed by atoms with Gasteiger partial charge in [-0.3, -0.25) is 10.2 Å². The molecule has 0 bridgehead atoms. The van der Waals surface area contributed by atoms with Gasteiger partial charge in [0.15, 0.2) is 0 Å². The molecule has 0 saturated carbocycles. The summed E-state index contributed by atoms with van der Waals surface area (Å²) in [7, 11) is 0. The predicted octanol–water partition coefficient (Wildman–Crippen LogP) is 0.752. The van der Waals surface area contributed by atoms with E-state index in [4.69, 9.17) is 4.84 Å². The monoisotopic (exact) mass is 261 g/mol. The molecule has 19 heavy (non-hydrogen) atoms. The highest BCUT2D eigenvalue weighted by Gasteiger charge is 2.47. The summed E-state index contributed by atoms with van der Waals surface area (Å²) in [5, 5.41) is 12.6. The van der Waals surface area contributed by atoms with Crippen LogP contribution in [0.25, 0.3) is 0 Å². The second-order valence-electron chi connectivity index (χ2n) is 4.63. The molecule has 0 spiro atoms. The van der Waals surface area contributed by atoms with E-state index in [9.17, 15) is 9.90 Å². The molecule has 2 unspecified atom stereocenters. The minimum absolute atomic E-state index is 0.104. The van der Waals surface area contributed by atoms with Crippen LogP contribution in [0, 0.1) is 5.92 Å². The van der Waals surface area contributed by atoms with Gasteiger partial charge in [0.1, 0.15) is 6.26 Å². The molecule has 6 heteroatoms. The molecule has 0 aliphatic carbocycles. The van der Waals surface area contributed by atoms with Crippen molar-refractivity contribution in [3.05, 3.63) is 48.4 Å². The van der Waals surface area contributed by atoms with Crippen molar-refractivity contribution >= 4 is 5.97 Å². The quantitative estimate of drug-likeness (QED) is 0.834. The second-order valence-corrected chi connectivity index (χ2v) is 4.63. The van der Waals surface area contributed by atoms with Crippen LogP contribution in [0.3, 0.4) is 0 Å². The van der Waals surface area contributed by atoms with Gasteiger partial charge >= 0.3 is 5.97 Å².